The Morgan fingerprint density at radius 2 is 2.08 bits per heavy atom. The molecule has 2 heterocycles. The van der Waals surface area contributed by atoms with Crippen molar-refractivity contribution in [1.29, 1.82) is 0 Å². The van der Waals surface area contributed by atoms with Crippen LogP contribution in [0.15, 0.2) is 36.5 Å². The number of benzene rings is 1. The van der Waals surface area contributed by atoms with Crippen LogP contribution in [0.25, 0.3) is 0 Å². The standard InChI is InChI=1S/C20H23N3O3/c1-13(2)15-4-6-17(21-9-15)11-23-10-16-8-14(20(25)26-3)5-7-18(16)22-19(24)12-23/h4-9,13H,10-12H2,1-3H3,(H,22,24). The van der Waals surface area contributed by atoms with E-state index in [1.165, 1.54) is 12.7 Å². The molecule has 1 aliphatic rings. The number of hydrogen-bond acceptors (Lipinski definition) is 5. The van der Waals surface area contributed by atoms with Gasteiger partial charge in [0, 0.05) is 25.0 Å². The molecule has 0 spiro atoms. The van der Waals surface area contributed by atoms with Crippen LogP contribution >= 0.6 is 0 Å². The second-order valence-corrected chi connectivity index (χ2v) is 6.79. The SMILES string of the molecule is COC(=O)c1ccc2c(c1)CN(Cc1ccc(C(C)C)cn1)CC(=O)N2. The van der Waals surface area contributed by atoms with Crippen molar-refractivity contribution < 1.29 is 14.3 Å². The molecule has 1 amide bonds. The van der Waals surface area contributed by atoms with E-state index in [4.69, 9.17) is 4.74 Å². The molecule has 0 saturated carbocycles. The molecule has 0 atom stereocenters. The number of rotatable bonds is 4. The van der Waals surface area contributed by atoms with Gasteiger partial charge in [-0.25, -0.2) is 4.79 Å². The molecule has 6 nitrogen and oxygen atoms in total. The minimum absolute atomic E-state index is 0.0756. The number of anilines is 1. The highest BCUT2D eigenvalue weighted by Gasteiger charge is 2.21. The van der Waals surface area contributed by atoms with Gasteiger partial charge in [-0.2, -0.15) is 0 Å². The molecule has 1 aromatic carbocycles. The predicted molar refractivity (Wildman–Crippen MR) is 98.9 cm³/mol. The van der Waals surface area contributed by atoms with E-state index in [0.717, 1.165) is 16.9 Å². The largest absolute Gasteiger partial charge is 0.465 e. The summed E-state index contributed by atoms with van der Waals surface area (Å²) in [7, 11) is 1.36. The smallest absolute Gasteiger partial charge is 0.337 e. The molecule has 1 N–H and O–H groups in total. The first-order chi connectivity index (χ1) is 12.5. The van der Waals surface area contributed by atoms with Gasteiger partial charge >= 0.3 is 5.97 Å². The Bertz CT molecular complexity index is 816. The predicted octanol–water partition coefficient (Wildman–Crippen LogP) is 2.95. The fraction of sp³-hybridized carbons (Fsp3) is 0.350. The Kier molecular flexibility index (Phi) is 5.32. The lowest BCUT2D eigenvalue weighted by atomic mass is 10.1. The van der Waals surface area contributed by atoms with Crippen molar-refractivity contribution in [1.82, 2.24) is 9.88 Å². The normalized spacial score (nSPS) is 14.5. The van der Waals surface area contributed by atoms with E-state index in [1.807, 2.05) is 17.2 Å². The average molecular weight is 353 g/mol. The first-order valence-electron chi connectivity index (χ1n) is 8.64. The number of fused-ring (bicyclic) bond motifs is 1. The number of nitrogens with one attached hydrogen (secondary N) is 1. The summed E-state index contributed by atoms with van der Waals surface area (Å²) >= 11 is 0. The molecule has 1 aliphatic heterocycles. The van der Waals surface area contributed by atoms with Gasteiger partial charge in [-0.1, -0.05) is 19.9 Å². The molecule has 0 bridgehead atoms. The van der Waals surface area contributed by atoms with Gasteiger partial charge in [0.1, 0.15) is 0 Å². The van der Waals surface area contributed by atoms with Crippen molar-refractivity contribution in [2.24, 2.45) is 0 Å². The summed E-state index contributed by atoms with van der Waals surface area (Å²) in [4.78, 5) is 30.5. The zero-order valence-corrected chi connectivity index (χ0v) is 15.3. The third-order valence-electron chi connectivity index (χ3n) is 4.46. The maximum absolute atomic E-state index is 12.2. The van der Waals surface area contributed by atoms with Crippen LogP contribution in [-0.4, -0.2) is 35.4 Å². The molecule has 2 aromatic rings. The van der Waals surface area contributed by atoms with Crippen LogP contribution in [0.3, 0.4) is 0 Å². The van der Waals surface area contributed by atoms with E-state index in [0.29, 0.717) is 24.6 Å². The van der Waals surface area contributed by atoms with Crippen LogP contribution in [0.4, 0.5) is 5.69 Å². The van der Waals surface area contributed by atoms with E-state index in [2.05, 4.69) is 30.2 Å². The number of esters is 1. The molecular weight excluding hydrogens is 330 g/mol. The number of nitrogens with zero attached hydrogens (tertiary/aromatic N) is 2. The van der Waals surface area contributed by atoms with Gasteiger partial charge in [0.15, 0.2) is 0 Å². The fourth-order valence-electron chi connectivity index (χ4n) is 2.99. The van der Waals surface area contributed by atoms with Crippen LogP contribution in [0.1, 0.15) is 46.9 Å². The molecule has 0 aliphatic carbocycles. The van der Waals surface area contributed by atoms with Crippen molar-refractivity contribution in [3.8, 4) is 0 Å². The molecular formula is C20H23N3O3. The van der Waals surface area contributed by atoms with Gasteiger partial charge in [-0.15, -0.1) is 0 Å². The molecule has 26 heavy (non-hydrogen) atoms. The molecule has 6 heteroatoms. The molecule has 0 radical (unpaired) electrons. The van der Waals surface area contributed by atoms with Crippen molar-refractivity contribution >= 4 is 17.6 Å². The lowest BCUT2D eigenvalue weighted by Crippen LogP contribution is -2.29. The highest BCUT2D eigenvalue weighted by atomic mass is 16.5. The first kappa shape index (κ1) is 18.1. The van der Waals surface area contributed by atoms with Crippen LogP contribution in [-0.2, 0) is 22.6 Å². The Morgan fingerprint density at radius 3 is 2.73 bits per heavy atom. The Balaban J connectivity index is 1.81. The first-order valence-corrected chi connectivity index (χ1v) is 8.64. The fourth-order valence-corrected chi connectivity index (χ4v) is 2.99. The highest BCUT2D eigenvalue weighted by Crippen LogP contribution is 2.24. The summed E-state index contributed by atoms with van der Waals surface area (Å²) in [6.45, 7) is 5.65. The third-order valence-corrected chi connectivity index (χ3v) is 4.46. The van der Waals surface area contributed by atoms with Gasteiger partial charge in [0.05, 0.1) is 24.9 Å². The number of ether oxygens (including phenoxy) is 1. The van der Waals surface area contributed by atoms with Crippen molar-refractivity contribution in [2.45, 2.75) is 32.9 Å². The minimum atomic E-state index is -0.388. The maximum atomic E-state index is 12.2. The quantitative estimate of drug-likeness (QED) is 0.856. The Morgan fingerprint density at radius 1 is 1.27 bits per heavy atom. The van der Waals surface area contributed by atoms with E-state index in [1.54, 1.807) is 18.2 Å². The topological polar surface area (TPSA) is 71.5 Å². The second-order valence-electron chi connectivity index (χ2n) is 6.79. The second kappa shape index (κ2) is 7.66. The van der Waals surface area contributed by atoms with Gasteiger partial charge in [0.25, 0.3) is 0 Å². The monoisotopic (exact) mass is 353 g/mol. The van der Waals surface area contributed by atoms with Crippen molar-refractivity contribution in [2.75, 3.05) is 19.0 Å². The molecule has 1 aromatic heterocycles. The lowest BCUT2D eigenvalue weighted by Gasteiger charge is -2.19. The maximum Gasteiger partial charge on any atom is 0.337 e. The number of pyridine rings is 1. The summed E-state index contributed by atoms with van der Waals surface area (Å²) in [6.07, 6.45) is 1.89. The zero-order valence-electron chi connectivity index (χ0n) is 15.3. The molecule has 136 valence electrons. The summed E-state index contributed by atoms with van der Waals surface area (Å²) in [5.74, 6) is -0.0293. The van der Waals surface area contributed by atoms with Crippen molar-refractivity contribution in [3.05, 3.63) is 58.9 Å². The number of carbonyl (C=O) groups excluding carboxylic acids is 2. The van der Waals surface area contributed by atoms with Crippen LogP contribution in [0, 0.1) is 0 Å². The summed E-state index contributed by atoms with van der Waals surface area (Å²) in [5.41, 5.74) is 4.19. The van der Waals surface area contributed by atoms with Gasteiger partial charge in [-0.05, 0) is 41.3 Å². The summed E-state index contributed by atoms with van der Waals surface area (Å²) in [5, 5.41) is 2.89. The Hall–Kier alpha value is -2.73. The minimum Gasteiger partial charge on any atom is -0.465 e. The van der Waals surface area contributed by atoms with Crippen LogP contribution in [0.5, 0.6) is 0 Å². The van der Waals surface area contributed by atoms with E-state index in [9.17, 15) is 9.59 Å². The number of amides is 1. The molecule has 3 rings (SSSR count). The van der Waals surface area contributed by atoms with E-state index < -0.39 is 0 Å². The number of aromatic nitrogens is 1. The number of methoxy groups -OCH3 is 1. The van der Waals surface area contributed by atoms with E-state index >= 15 is 0 Å². The van der Waals surface area contributed by atoms with E-state index in [-0.39, 0.29) is 18.4 Å². The molecule has 0 unspecified atom stereocenters. The van der Waals surface area contributed by atoms with Gasteiger partial charge in [0.2, 0.25) is 5.91 Å². The summed E-state index contributed by atoms with van der Waals surface area (Å²) < 4.78 is 4.78. The van der Waals surface area contributed by atoms with Crippen LogP contribution < -0.4 is 5.32 Å². The third kappa shape index (κ3) is 4.08. The Labute approximate surface area is 153 Å². The molecule has 0 saturated heterocycles. The van der Waals surface area contributed by atoms with Gasteiger partial charge < -0.3 is 10.1 Å². The number of hydrogen-bond donors (Lipinski definition) is 1. The van der Waals surface area contributed by atoms with Gasteiger partial charge in [-0.3, -0.25) is 14.7 Å². The average Bonchev–Trinajstić information content (AvgIpc) is 2.78. The number of carbonyl (C=O) groups is 2. The lowest BCUT2D eigenvalue weighted by molar-refractivity contribution is -0.117. The zero-order chi connectivity index (χ0) is 18.7. The highest BCUT2D eigenvalue weighted by molar-refractivity contribution is 5.95. The summed E-state index contributed by atoms with van der Waals surface area (Å²) in [6, 6.07) is 9.26. The van der Waals surface area contributed by atoms with Crippen molar-refractivity contribution in [3.63, 3.8) is 0 Å². The molecule has 0 fully saturated rings. The van der Waals surface area contributed by atoms with Crippen LogP contribution in [0.2, 0.25) is 0 Å².